The number of para-hydroxylation sites is 1. The standard InChI is InChI=1S/C14H10Cl2FN3O3/c1-6-3-2-4-9(21)10(6)18-14(23)20-13(22)7-5-8(17)12(16)19-11(7)15/h2-5,21H,1H3,(H2,18,20,22,23). The van der Waals surface area contributed by atoms with Crippen molar-refractivity contribution in [2.45, 2.75) is 6.92 Å². The molecule has 6 nitrogen and oxygen atoms in total. The molecule has 1 aromatic heterocycles. The minimum atomic E-state index is -0.969. The molecule has 0 saturated heterocycles. The Balaban J connectivity index is 2.15. The van der Waals surface area contributed by atoms with Gasteiger partial charge in [0, 0.05) is 0 Å². The van der Waals surface area contributed by atoms with Crippen LogP contribution in [0.2, 0.25) is 10.3 Å². The Bertz CT molecular complexity index is 779. The SMILES string of the molecule is Cc1cccc(O)c1NC(=O)NC(=O)c1cc(F)c(Cl)nc1Cl. The van der Waals surface area contributed by atoms with Gasteiger partial charge in [0.15, 0.2) is 11.0 Å². The summed E-state index contributed by atoms with van der Waals surface area (Å²) in [5, 5.41) is 13.1. The van der Waals surface area contributed by atoms with Crippen LogP contribution < -0.4 is 10.6 Å². The average Bonchev–Trinajstić information content (AvgIpc) is 2.46. The van der Waals surface area contributed by atoms with Gasteiger partial charge in [-0.05, 0) is 24.6 Å². The van der Waals surface area contributed by atoms with Gasteiger partial charge in [-0.1, -0.05) is 35.3 Å². The summed E-state index contributed by atoms with van der Waals surface area (Å²) in [6, 6.07) is 4.48. The summed E-state index contributed by atoms with van der Waals surface area (Å²) in [4.78, 5) is 27.2. The molecule has 3 N–H and O–H groups in total. The second kappa shape index (κ2) is 6.80. The predicted molar refractivity (Wildman–Crippen MR) is 83.5 cm³/mol. The lowest BCUT2D eigenvalue weighted by atomic mass is 10.2. The van der Waals surface area contributed by atoms with Gasteiger partial charge in [0.2, 0.25) is 0 Å². The van der Waals surface area contributed by atoms with E-state index in [-0.39, 0.29) is 22.2 Å². The van der Waals surface area contributed by atoms with E-state index in [4.69, 9.17) is 23.2 Å². The zero-order chi connectivity index (χ0) is 17.1. The molecular formula is C14H10Cl2FN3O3. The number of phenols is 1. The molecule has 23 heavy (non-hydrogen) atoms. The van der Waals surface area contributed by atoms with E-state index in [1.165, 1.54) is 6.07 Å². The van der Waals surface area contributed by atoms with Crippen molar-refractivity contribution in [1.82, 2.24) is 10.3 Å². The van der Waals surface area contributed by atoms with Crippen molar-refractivity contribution in [1.29, 1.82) is 0 Å². The van der Waals surface area contributed by atoms with Crippen molar-refractivity contribution < 1.29 is 19.1 Å². The first-order chi connectivity index (χ1) is 10.8. The number of halogens is 3. The van der Waals surface area contributed by atoms with Gasteiger partial charge >= 0.3 is 6.03 Å². The summed E-state index contributed by atoms with van der Waals surface area (Å²) in [5.74, 6) is -2.08. The molecule has 2 rings (SSSR count). The largest absolute Gasteiger partial charge is 0.506 e. The van der Waals surface area contributed by atoms with Gasteiger partial charge in [-0.25, -0.2) is 14.2 Å². The van der Waals surface area contributed by atoms with E-state index >= 15 is 0 Å². The Labute approximate surface area is 140 Å². The lowest BCUT2D eigenvalue weighted by molar-refractivity contribution is 0.0966. The fraction of sp³-hybridized carbons (Fsp3) is 0.0714. The maximum absolute atomic E-state index is 13.3. The molecule has 0 spiro atoms. The Morgan fingerprint density at radius 3 is 2.61 bits per heavy atom. The van der Waals surface area contributed by atoms with E-state index in [0.717, 1.165) is 6.07 Å². The number of anilines is 1. The molecule has 0 aliphatic carbocycles. The third kappa shape index (κ3) is 3.88. The molecule has 0 bridgehead atoms. The van der Waals surface area contributed by atoms with Crippen LogP contribution in [0.25, 0.3) is 0 Å². The first-order valence-electron chi connectivity index (χ1n) is 6.22. The van der Waals surface area contributed by atoms with E-state index in [2.05, 4.69) is 10.3 Å². The Kier molecular flexibility index (Phi) is 5.02. The van der Waals surface area contributed by atoms with Crippen LogP contribution in [0, 0.1) is 12.7 Å². The number of carbonyl (C=O) groups excluding carboxylic acids is 2. The Morgan fingerprint density at radius 1 is 1.26 bits per heavy atom. The number of rotatable bonds is 2. The molecule has 0 radical (unpaired) electrons. The number of urea groups is 1. The maximum Gasteiger partial charge on any atom is 0.326 e. The molecule has 0 aliphatic rings. The monoisotopic (exact) mass is 357 g/mol. The predicted octanol–water partition coefficient (Wildman–Crippen LogP) is 3.50. The average molecular weight is 358 g/mol. The molecule has 1 aromatic carbocycles. The van der Waals surface area contributed by atoms with Crippen LogP contribution in [0.5, 0.6) is 5.75 Å². The van der Waals surface area contributed by atoms with Crippen LogP contribution in [0.15, 0.2) is 24.3 Å². The minimum Gasteiger partial charge on any atom is -0.506 e. The normalized spacial score (nSPS) is 10.3. The van der Waals surface area contributed by atoms with E-state index < -0.39 is 22.9 Å². The number of imide groups is 1. The summed E-state index contributed by atoms with van der Waals surface area (Å²) in [7, 11) is 0. The molecule has 9 heteroatoms. The van der Waals surface area contributed by atoms with Gasteiger partial charge < -0.3 is 10.4 Å². The molecule has 0 unspecified atom stereocenters. The number of aromatic nitrogens is 1. The molecule has 0 fully saturated rings. The minimum absolute atomic E-state index is 0.143. The van der Waals surface area contributed by atoms with Crippen molar-refractivity contribution in [2.75, 3.05) is 5.32 Å². The number of hydrogen-bond acceptors (Lipinski definition) is 4. The quantitative estimate of drug-likeness (QED) is 0.566. The number of nitrogens with one attached hydrogen (secondary N) is 2. The molecule has 120 valence electrons. The molecular weight excluding hydrogens is 348 g/mol. The summed E-state index contributed by atoms with van der Waals surface area (Å²) in [5.41, 5.74) is 0.381. The first kappa shape index (κ1) is 17.0. The Hall–Kier alpha value is -2.38. The fourth-order valence-corrected chi connectivity index (χ4v) is 2.14. The topological polar surface area (TPSA) is 91.3 Å². The maximum atomic E-state index is 13.3. The fourth-order valence-electron chi connectivity index (χ4n) is 1.73. The highest BCUT2D eigenvalue weighted by Crippen LogP contribution is 2.26. The second-order valence-corrected chi connectivity index (χ2v) is 5.19. The number of benzene rings is 1. The van der Waals surface area contributed by atoms with Crippen LogP contribution in [-0.4, -0.2) is 22.0 Å². The molecule has 0 aliphatic heterocycles. The smallest absolute Gasteiger partial charge is 0.326 e. The van der Waals surface area contributed by atoms with Gasteiger partial charge in [-0.2, -0.15) is 0 Å². The third-order valence-corrected chi connectivity index (χ3v) is 3.40. The van der Waals surface area contributed by atoms with E-state index in [1.807, 2.05) is 5.32 Å². The lowest BCUT2D eigenvalue weighted by Crippen LogP contribution is -2.34. The summed E-state index contributed by atoms with van der Waals surface area (Å²) < 4.78 is 13.3. The zero-order valence-electron chi connectivity index (χ0n) is 11.7. The summed E-state index contributed by atoms with van der Waals surface area (Å²) in [6.45, 7) is 1.66. The summed E-state index contributed by atoms with van der Waals surface area (Å²) in [6.07, 6.45) is 0. The zero-order valence-corrected chi connectivity index (χ0v) is 13.2. The van der Waals surface area contributed by atoms with Crippen LogP contribution in [0.4, 0.5) is 14.9 Å². The second-order valence-electron chi connectivity index (χ2n) is 4.48. The van der Waals surface area contributed by atoms with Gasteiger partial charge in [0.05, 0.1) is 11.3 Å². The number of aromatic hydroxyl groups is 1. The highest BCUT2D eigenvalue weighted by atomic mass is 35.5. The number of pyridine rings is 1. The Morgan fingerprint density at radius 2 is 1.96 bits per heavy atom. The van der Waals surface area contributed by atoms with E-state index in [9.17, 15) is 19.1 Å². The van der Waals surface area contributed by atoms with Crippen LogP contribution >= 0.6 is 23.2 Å². The van der Waals surface area contributed by atoms with E-state index in [1.54, 1.807) is 19.1 Å². The lowest BCUT2D eigenvalue weighted by Gasteiger charge is -2.11. The van der Waals surface area contributed by atoms with E-state index in [0.29, 0.717) is 5.56 Å². The van der Waals surface area contributed by atoms with Crippen molar-refractivity contribution in [3.8, 4) is 5.75 Å². The molecule has 0 saturated carbocycles. The highest BCUT2D eigenvalue weighted by Gasteiger charge is 2.18. The van der Waals surface area contributed by atoms with Crippen LogP contribution in [0.1, 0.15) is 15.9 Å². The number of phenolic OH excluding ortho intramolecular Hbond substituents is 1. The third-order valence-electron chi connectivity index (χ3n) is 2.85. The highest BCUT2D eigenvalue weighted by molar-refractivity contribution is 6.35. The van der Waals surface area contributed by atoms with Crippen LogP contribution in [-0.2, 0) is 0 Å². The molecule has 2 aromatic rings. The van der Waals surface area contributed by atoms with Crippen LogP contribution in [0.3, 0.4) is 0 Å². The number of amides is 3. The number of nitrogens with zero attached hydrogens (tertiary/aromatic N) is 1. The molecule has 3 amide bonds. The van der Waals surface area contributed by atoms with Gasteiger partial charge in [0.25, 0.3) is 5.91 Å². The van der Waals surface area contributed by atoms with Crippen molar-refractivity contribution in [2.24, 2.45) is 0 Å². The van der Waals surface area contributed by atoms with Gasteiger partial charge in [0.1, 0.15) is 10.9 Å². The van der Waals surface area contributed by atoms with Crippen molar-refractivity contribution >= 4 is 40.8 Å². The number of hydrogen-bond donors (Lipinski definition) is 3. The van der Waals surface area contributed by atoms with Gasteiger partial charge in [-0.3, -0.25) is 10.1 Å². The summed E-state index contributed by atoms with van der Waals surface area (Å²) >= 11 is 11.1. The molecule has 0 atom stereocenters. The molecule has 1 heterocycles. The first-order valence-corrected chi connectivity index (χ1v) is 6.97. The van der Waals surface area contributed by atoms with Crippen molar-refractivity contribution in [3.05, 3.63) is 51.5 Å². The van der Waals surface area contributed by atoms with Crippen molar-refractivity contribution in [3.63, 3.8) is 0 Å². The number of carbonyl (C=O) groups is 2. The number of aryl methyl sites for hydroxylation is 1. The van der Waals surface area contributed by atoms with Gasteiger partial charge in [-0.15, -0.1) is 0 Å².